The Balaban J connectivity index is 0.00000256. The third-order valence-corrected chi connectivity index (χ3v) is 14.9. The highest BCUT2D eigenvalue weighted by molar-refractivity contribution is 5.81. The normalized spacial score (nSPS) is 39.6. The molecule has 0 spiro atoms. The van der Waals surface area contributed by atoms with Gasteiger partial charge in [-0.25, -0.2) is 0 Å². The predicted octanol–water partition coefficient (Wildman–Crippen LogP) is 4.09. The standard InChI is InChI=1S/C50H84N4O12.C2H4O2/c1-14-39-50(10,60)43(56)33(6)54(23-17-21-51-27-35-20-22-52-37-19-16-15-18-36(35)37)28-29(2)25-48(8,59)45(66-47-41(55)38(53(11)12)24-30(3)62-47)31(4)42(32(5)46(58)64-39)65-40-26-49(9,61-13)44(57)34(7)63-40;1-2(3)4/h15-16,18-20,22,29-34,38-45,47,51,55-57,59-60H,14,17,21,23-28H2,1-13H3;1H3,(H,3,4)/t29-,30-,31+,32-,33-,34+,38+,39-,40+,41-,42+,43-,44+,45-,47+,48-,49-,50-;/m1./s1. The molecule has 3 fully saturated rings. The van der Waals surface area contributed by atoms with Crippen LogP contribution in [0.25, 0.3) is 10.9 Å². The van der Waals surface area contributed by atoms with Crippen molar-refractivity contribution in [3.63, 3.8) is 0 Å². The summed E-state index contributed by atoms with van der Waals surface area (Å²) in [4.78, 5) is 32.1. The van der Waals surface area contributed by atoms with E-state index in [9.17, 15) is 30.3 Å². The number of likely N-dealkylation sites (N-methyl/N-ethyl adjacent to an activating group) is 1. The van der Waals surface area contributed by atoms with E-state index in [2.05, 4.69) is 21.3 Å². The molecule has 18 nitrogen and oxygen atoms in total. The monoisotopic (exact) mass is 993 g/mol. The number of para-hydroxylation sites is 1. The van der Waals surface area contributed by atoms with Gasteiger partial charge >= 0.3 is 5.97 Å². The number of methoxy groups -OCH3 is 1. The van der Waals surface area contributed by atoms with Crippen LogP contribution in [0.3, 0.4) is 0 Å². The van der Waals surface area contributed by atoms with Crippen LogP contribution in [0.5, 0.6) is 0 Å². The second-order valence-corrected chi connectivity index (χ2v) is 21.3. The van der Waals surface area contributed by atoms with Crippen molar-refractivity contribution >= 4 is 22.8 Å². The number of hydrogen-bond acceptors (Lipinski definition) is 17. The number of nitrogens with zero attached hydrogens (tertiary/aromatic N) is 3. The number of hydrogen-bond donors (Lipinski definition) is 7. The summed E-state index contributed by atoms with van der Waals surface area (Å²) in [7, 11) is 5.30. The summed E-state index contributed by atoms with van der Waals surface area (Å²) in [5.41, 5.74) is -2.44. The van der Waals surface area contributed by atoms with E-state index >= 15 is 0 Å². The molecule has 1 aromatic heterocycles. The van der Waals surface area contributed by atoms with Crippen molar-refractivity contribution < 1.29 is 68.6 Å². The molecule has 3 aliphatic rings. The molecule has 0 unspecified atom stereocenters. The lowest BCUT2D eigenvalue weighted by atomic mass is 9.77. The number of fused-ring (bicyclic) bond motifs is 1. The van der Waals surface area contributed by atoms with Gasteiger partial charge in [0.1, 0.15) is 30.0 Å². The van der Waals surface area contributed by atoms with Gasteiger partial charge in [0.05, 0.1) is 47.1 Å². The van der Waals surface area contributed by atoms with Gasteiger partial charge in [0.15, 0.2) is 12.6 Å². The van der Waals surface area contributed by atoms with Crippen molar-refractivity contribution in [2.45, 2.75) is 205 Å². The van der Waals surface area contributed by atoms with Crippen molar-refractivity contribution in [1.29, 1.82) is 0 Å². The highest BCUT2D eigenvalue weighted by Crippen LogP contribution is 2.40. The first-order valence-electron chi connectivity index (χ1n) is 25.2. The smallest absolute Gasteiger partial charge is 0.311 e. The van der Waals surface area contributed by atoms with E-state index in [1.54, 1.807) is 34.6 Å². The van der Waals surface area contributed by atoms with E-state index in [1.165, 1.54) is 14.0 Å². The van der Waals surface area contributed by atoms with Gasteiger partial charge in [-0.05, 0) is 125 Å². The van der Waals surface area contributed by atoms with E-state index in [0.29, 0.717) is 39.0 Å². The van der Waals surface area contributed by atoms with Gasteiger partial charge in [-0.15, -0.1) is 0 Å². The highest BCUT2D eigenvalue weighted by atomic mass is 16.7. The van der Waals surface area contributed by atoms with Crippen LogP contribution in [0.15, 0.2) is 36.5 Å². The fraction of sp³-hybridized carbons (Fsp3) is 0.788. The van der Waals surface area contributed by atoms with Gasteiger partial charge in [-0.2, -0.15) is 0 Å². The number of aliphatic hydroxyl groups is 5. The van der Waals surface area contributed by atoms with Gasteiger partial charge in [0.2, 0.25) is 0 Å². The third-order valence-electron chi connectivity index (χ3n) is 14.9. The Morgan fingerprint density at radius 2 is 1.63 bits per heavy atom. The number of carbonyl (C=O) groups is 2. The number of esters is 1. The highest BCUT2D eigenvalue weighted by Gasteiger charge is 2.53. The molecule has 0 saturated carbocycles. The van der Waals surface area contributed by atoms with Crippen LogP contribution in [0.4, 0.5) is 0 Å². The van der Waals surface area contributed by atoms with E-state index in [4.69, 9.17) is 38.3 Å². The molecular formula is C52H88N4O14. The van der Waals surface area contributed by atoms with Crippen LogP contribution in [0.2, 0.25) is 0 Å². The lowest BCUT2D eigenvalue weighted by Crippen LogP contribution is -2.60. The Morgan fingerprint density at radius 1 is 0.971 bits per heavy atom. The summed E-state index contributed by atoms with van der Waals surface area (Å²) < 4.78 is 38.2. The Bertz CT molecular complexity index is 1930. The lowest BCUT2D eigenvalue weighted by Gasteiger charge is -2.48. The minimum atomic E-state index is -1.86. The SMILES string of the molecule is CC(=O)O.CC[C@H]1OC(=O)[C@H](C)[C@@H](O[C@H]2C[C@@](C)(OC)[C@@H](O)[C@H](C)O2)[C@H](C)[C@@H](O[C@@H]2O[C@H](C)C[C@H](N(C)C)[C@H]2O)[C@](C)(O)C[C@@H](C)CN(CCCNCc2ccnc3ccccc23)[C@H](C)[C@@H](O)[C@]1(C)O. The van der Waals surface area contributed by atoms with Gasteiger partial charge in [-0.3, -0.25) is 19.5 Å². The van der Waals surface area contributed by atoms with Crippen LogP contribution in [0.1, 0.15) is 114 Å². The number of ether oxygens (including phenoxy) is 6. The van der Waals surface area contributed by atoms with Crippen molar-refractivity contribution in [2.24, 2.45) is 17.8 Å². The molecule has 7 N–H and O–H groups in total. The van der Waals surface area contributed by atoms with Crippen LogP contribution in [0, 0.1) is 17.8 Å². The van der Waals surface area contributed by atoms with E-state index in [0.717, 1.165) is 23.4 Å². The third kappa shape index (κ3) is 15.1. The molecule has 18 atom stereocenters. The zero-order valence-electron chi connectivity index (χ0n) is 44.3. The van der Waals surface area contributed by atoms with Crippen molar-refractivity contribution in [2.75, 3.05) is 40.8 Å². The molecule has 0 bridgehead atoms. The van der Waals surface area contributed by atoms with Crippen LogP contribution in [-0.4, -0.2) is 188 Å². The number of aliphatic hydroxyl groups excluding tert-OH is 3. The number of cyclic esters (lactones) is 1. The van der Waals surface area contributed by atoms with Crippen molar-refractivity contribution in [1.82, 2.24) is 20.1 Å². The van der Waals surface area contributed by atoms with Crippen LogP contribution >= 0.6 is 0 Å². The molecule has 5 rings (SSSR count). The Hall–Kier alpha value is -2.95. The zero-order valence-corrected chi connectivity index (χ0v) is 44.3. The van der Waals surface area contributed by atoms with Crippen LogP contribution < -0.4 is 5.32 Å². The second kappa shape index (κ2) is 25.8. The summed E-state index contributed by atoms with van der Waals surface area (Å²) in [6.07, 6.45) is -6.07. The number of aromatic nitrogens is 1. The van der Waals surface area contributed by atoms with E-state index in [-0.39, 0.29) is 37.3 Å². The summed E-state index contributed by atoms with van der Waals surface area (Å²) in [6, 6.07) is 9.17. The number of nitrogens with one attached hydrogen (secondary N) is 1. The first-order chi connectivity index (χ1) is 32.7. The number of aliphatic carboxylic acids is 1. The van der Waals surface area contributed by atoms with E-state index in [1.807, 2.05) is 77.2 Å². The molecule has 400 valence electrons. The number of carboxylic acids is 1. The number of carboxylic acid groups (broad SMARTS) is 1. The summed E-state index contributed by atoms with van der Waals surface area (Å²) in [5.74, 6) is -3.55. The maximum atomic E-state index is 14.6. The van der Waals surface area contributed by atoms with Gasteiger partial charge in [0.25, 0.3) is 5.97 Å². The Labute approximate surface area is 416 Å². The van der Waals surface area contributed by atoms with Gasteiger partial charge in [0, 0.05) is 63.1 Å². The topological polar surface area (TPSA) is 242 Å². The van der Waals surface area contributed by atoms with Gasteiger partial charge < -0.3 is 69.3 Å². The predicted molar refractivity (Wildman–Crippen MR) is 264 cm³/mol. The average molecular weight is 993 g/mol. The largest absolute Gasteiger partial charge is 0.481 e. The maximum Gasteiger partial charge on any atom is 0.311 e. The molecule has 0 aliphatic carbocycles. The molecule has 1 aromatic carbocycles. The van der Waals surface area contributed by atoms with Crippen LogP contribution in [-0.2, 0) is 44.6 Å². The first-order valence-corrected chi connectivity index (χ1v) is 25.2. The Kier molecular flexibility index (Phi) is 22.0. The number of rotatable bonds is 13. The molecule has 4 heterocycles. The minimum absolute atomic E-state index is 0.119. The molecule has 70 heavy (non-hydrogen) atoms. The first kappa shape index (κ1) is 59.6. The van der Waals surface area contributed by atoms with Gasteiger partial charge in [-0.1, -0.05) is 39.0 Å². The maximum absolute atomic E-state index is 14.6. The van der Waals surface area contributed by atoms with Crippen molar-refractivity contribution in [3.8, 4) is 0 Å². The molecule has 18 heteroatoms. The molecule has 3 saturated heterocycles. The molecule has 0 amide bonds. The Morgan fingerprint density at radius 3 is 2.26 bits per heavy atom. The van der Waals surface area contributed by atoms with Crippen molar-refractivity contribution in [3.05, 3.63) is 42.1 Å². The average Bonchev–Trinajstić information content (AvgIpc) is 3.29. The summed E-state index contributed by atoms with van der Waals surface area (Å²) in [5, 5.41) is 72.1. The fourth-order valence-electron chi connectivity index (χ4n) is 10.8. The quantitative estimate of drug-likeness (QED) is 0.110. The lowest BCUT2D eigenvalue weighted by molar-refractivity contribution is -0.318. The number of benzene rings is 1. The molecular weight excluding hydrogens is 905 g/mol. The number of pyridine rings is 1. The second-order valence-electron chi connectivity index (χ2n) is 21.3. The zero-order chi connectivity index (χ0) is 52.5. The molecule has 3 aliphatic heterocycles. The summed E-state index contributed by atoms with van der Waals surface area (Å²) >= 11 is 0. The minimum Gasteiger partial charge on any atom is -0.481 e. The molecule has 0 radical (unpaired) electrons. The van der Waals surface area contributed by atoms with E-state index < -0.39 is 102 Å². The number of carbonyl (C=O) groups excluding carboxylic acids is 1. The molecule has 2 aromatic rings. The summed E-state index contributed by atoms with van der Waals surface area (Å²) in [6.45, 7) is 21.2. The fourth-order valence-corrected chi connectivity index (χ4v) is 10.8.